The second-order valence-electron chi connectivity index (χ2n) is 6.67. The number of para-hydroxylation sites is 2. The highest BCUT2D eigenvalue weighted by atomic mass is 16.6. The van der Waals surface area contributed by atoms with E-state index in [1.807, 2.05) is 0 Å². The van der Waals surface area contributed by atoms with Gasteiger partial charge < -0.3 is 4.74 Å². The molecule has 1 aliphatic rings. The number of aromatic nitrogens is 2. The average molecular weight is 409 g/mol. The van der Waals surface area contributed by atoms with E-state index in [4.69, 9.17) is 4.74 Å². The molecule has 0 saturated carbocycles. The molecular formula is C19H15N5O6. The van der Waals surface area contributed by atoms with E-state index < -0.39 is 22.2 Å². The Morgan fingerprint density at radius 1 is 1.03 bits per heavy atom. The number of nitrogens with zero attached hydrogens (tertiary/aromatic N) is 5. The SMILES string of the molecule is Cn1c2c(c(=O)n(C)c1=O)[C@@H](c1ccc([N+](=O)[O-])cc1)N(N=O)c1ccccc1O2. The molecule has 3 aromatic rings. The highest BCUT2D eigenvalue weighted by molar-refractivity contribution is 5.64. The summed E-state index contributed by atoms with van der Waals surface area (Å²) in [6, 6.07) is 10.8. The number of nitro benzene ring substituents is 1. The molecule has 0 unspecified atom stereocenters. The van der Waals surface area contributed by atoms with Gasteiger partial charge in [-0.1, -0.05) is 12.1 Å². The summed E-state index contributed by atoms with van der Waals surface area (Å²) in [4.78, 5) is 48.0. The van der Waals surface area contributed by atoms with Crippen molar-refractivity contribution in [2.24, 2.45) is 19.4 Å². The van der Waals surface area contributed by atoms with Crippen LogP contribution in [0.15, 0.2) is 63.4 Å². The van der Waals surface area contributed by atoms with Crippen molar-refractivity contribution >= 4 is 11.4 Å². The van der Waals surface area contributed by atoms with Gasteiger partial charge in [-0.15, -0.1) is 4.91 Å². The topological polar surface area (TPSA) is 129 Å². The number of non-ortho nitro benzene ring substituents is 1. The minimum absolute atomic E-state index is 0.00394. The van der Waals surface area contributed by atoms with Gasteiger partial charge in [-0.05, 0) is 29.8 Å². The third-order valence-electron chi connectivity index (χ3n) is 4.99. The zero-order valence-corrected chi connectivity index (χ0v) is 15.9. The Balaban J connectivity index is 2.09. The molecular weight excluding hydrogens is 394 g/mol. The zero-order valence-electron chi connectivity index (χ0n) is 15.9. The average Bonchev–Trinajstić information content (AvgIpc) is 2.90. The standard InChI is InChI=1S/C19H15N5O6/c1-21-17(25)15-16(11-7-9-12(10-8-11)24(28)29)23(20-27)13-5-3-4-6-14(13)30-18(15)22(2)19(21)26/h3-10,16H,1-2H3/t16-/m1/s1. The molecule has 0 spiro atoms. The zero-order chi connectivity index (χ0) is 21.6. The molecule has 152 valence electrons. The van der Waals surface area contributed by atoms with Gasteiger partial charge in [0, 0.05) is 26.2 Å². The van der Waals surface area contributed by atoms with E-state index in [2.05, 4.69) is 5.29 Å². The molecule has 0 fully saturated rings. The number of hydrogen-bond acceptors (Lipinski definition) is 7. The van der Waals surface area contributed by atoms with Crippen molar-refractivity contribution in [3.63, 3.8) is 0 Å². The van der Waals surface area contributed by atoms with Crippen molar-refractivity contribution in [3.8, 4) is 11.6 Å². The molecule has 30 heavy (non-hydrogen) atoms. The van der Waals surface area contributed by atoms with Gasteiger partial charge in [0.25, 0.3) is 11.2 Å². The smallest absolute Gasteiger partial charge is 0.333 e. The summed E-state index contributed by atoms with van der Waals surface area (Å²) in [5, 5.41) is 15.2. The minimum Gasteiger partial charge on any atom is -0.438 e. The summed E-state index contributed by atoms with van der Waals surface area (Å²) in [6.07, 6.45) is 0. The van der Waals surface area contributed by atoms with Gasteiger partial charge in [0.15, 0.2) is 5.75 Å². The lowest BCUT2D eigenvalue weighted by atomic mass is 9.99. The minimum atomic E-state index is -1.08. The molecule has 1 aliphatic heterocycles. The van der Waals surface area contributed by atoms with Crippen LogP contribution in [0.4, 0.5) is 11.4 Å². The molecule has 0 amide bonds. The Kier molecular flexibility index (Phi) is 4.42. The van der Waals surface area contributed by atoms with Crippen molar-refractivity contribution < 1.29 is 9.66 Å². The quantitative estimate of drug-likeness (QED) is 0.369. The predicted octanol–water partition coefficient (Wildman–Crippen LogP) is 2.38. The summed E-state index contributed by atoms with van der Waals surface area (Å²) >= 11 is 0. The van der Waals surface area contributed by atoms with Crippen molar-refractivity contribution in [2.45, 2.75) is 6.04 Å². The lowest BCUT2D eigenvalue weighted by molar-refractivity contribution is -0.384. The lowest BCUT2D eigenvalue weighted by Gasteiger charge is -2.25. The molecule has 0 bridgehead atoms. The normalized spacial score (nSPS) is 14.9. The molecule has 1 aromatic heterocycles. The number of anilines is 1. The van der Waals surface area contributed by atoms with Crippen LogP contribution in [0.1, 0.15) is 17.2 Å². The van der Waals surface area contributed by atoms with E-state index >= 15 is 0 Å². The maximum Gasteiger partial charge on any atom is 0.333 e. The Bertz CT molecular complexity index is 1290. The van der Waals surface area contributed by atoms with Crippen molar-refractivity contribution in [1.29, 1.82) is 0 Å². The first-order chi connectivity index (χ1) is 14.3. The summed E-state index contributed by atoms with van der Waals surface area (Å²) in [7, 11) is 2.76. The first-order valence-electron chi connectivity index (χ1n) is 8.78. The van der Waals surface area contributed by atoms with E-state index in [9.17, 15) is 24.6 Å². The highest BCUT2D eigenvalue weighted by Crippen LogP contribution is 2.45. The predicted molar refractivity (Wildman–Crippen MR) is 107 cm³/mol. The van der Waals surface area contributed by atoms with E-state index in [1.165, 1.54) is 42.9 Å². The molecule has 0 aliphatic carbocycles. The molecule has 4 rings (SSSR count). The second kappa shape index (κ2) is 6.95. The maximum atomic E-state index is 13.1. The number of nitroso groups, excluding NO2 is 1. The fourth-order valence-electron chi connectivity index (χ4n) is 3.48. The van der Waals surface area contributed by atoms with Crippen molar-refractivity contribution in [3.05, 3.63) is 95.5 Å². The molecule has 1 atom stereocenters. The molecule has 11 nitrogen and oxygen atoms in total. The van der Waals surface area contributed by atoms with Gasteiger partial charge in [0.05, 0.1) is 10.2 Å². The van der Waals surface area contributed by atoms with Crippen LogP contribution >= 0.6 is 0 Å². The van der Waals surface area contributed by atoms with Gasteiger partial charge in [-0.3, -0.25) is 24.0 Å². The summed E-state index contributed by atoms with van der Waals surface area (Å²) < 4.78 is 7.97. The van der Waals surface area contributed by atoms with Gasteiger partial charge in [-0.25, -0.2) is 9.80 Å². The van der Waals surface area contributed by atoms with Gasteiger partial charge >= 0.3 is 5.69 Å². The summed E-state index contributed by atoms with van der Waals surface area (Å²) in [5.74, 6) is 0.191. The number of fused-ring (bicyclic) bond motifs is 2. The van der Waals surface area contributed by atoms with Gasteiger partial charge in [0.1, 0.15) is 17.3 Å². The van der Waals surface area contributed by atoms with Crippen LogP contribution in [-0.4, -0.2) is 14.1 Å². The van der Waals surface area contributed by atoms with Crippen LogP contribution in [0.3, 0.4) is 0 Å². The van der Waals surface area contributed by atoms with Crippen LogP contribution in [0.2, 0.25) is 0 Å². The summed E-state index contributed by atoms with van der Waals surface area (Å²) in [6.45, 7) is 0. The summed E-state index contributed by atoms with van der Waals surface area (Å²) in [5.41, 5.74) is -0.754. The molecule has 11 heteroatoms. The van der Waals surface area contributed by atoms with Gasteiger partial charge in [0.2, 0.25) is 5.88 Å². The number of ether oxygens (including phenoxy) is 1. The molecule has 2 aromatic carbocycles. The number of hydrogen-bond donors (Lipinski definition) is 0. The largest absolute Gasteiger partial charge is 0.438 e. The third kappa shape index (κ3) is 2.75. The lowest BCUT2D eigenvalue weighted by Crippen LogP contribution is -2.41. The molecule has 0 saturated heterocycles. The van der Waals surface area contributed by atoms with Crippen LogP contribution in [0.25, 0.3) is 0 Å². The molecule has 2 heterocycles. The highest BCUT2D eigenvalue weighted by Gasteiger charge is 2.37. The maximum absolute atomic E-state index is 13.1. The Morgan fingerprint density at radius 2 is 1.70 bits per heavy atom. The molecule has 0 N–H and O–H groups in total. The van der Waals surface area contributed by atoms with Crippen LogP contribution < -0.4 is 21.0 Å². The van der Waals surface area contributed by atoms with Gasteiger partial charge in [-0.2, -0.15) is 0 Å². The first-order valence-corrected chi connectivity index (χ1v) is 8.78. The van der Waals surface area contributed by atoms with E-state index in [0.29, 0.717) is 5.56 Å². The fraction of sp³-hybridized carbons (Fsp3) is 0.158. The van der Waals surface area contributed by atoms with E-state index in [-0.39, 0.29) is 28.6 Å². The number of rotatable bonds is 3. The Labute approximate surface area is 168 Å². The van der Waals surface area contributed by atoms with Crippen LogP contribution in [0, 0.1) is 15.0 Å². The van der Waals surface area contributed by atoms with E-state index in [1.54, 1.807) is 24.3 Å². The van der Waals surface area contributed by atoms with E-state index in [0.717, 1.165) is 9.58 Å². The Morgan fingerprint density at radius 3 is 2.33 bits per heavy atom. The molecule has 0 radical (unpaired) electrons. The fourth-order valence-corrected chi connectivity index (χ4v) is 3.48. The second-order valence-corrected chi connectivity index (χ2v) is 6.67. The monoisotopic (exact) mass is 409 g/mol. The van der Waals surface area contributed by atoms with Crippen molar-refractivity contribution in [1.82, 2.24) is 9.13 Å². The third-order valence-corrected chi connectivity index (χ3v) is 4.99. The van der Waals surface area contributed by atoms with Crippen LogP contribution in [0.5, 0.6) is 11.6 Å². The first kappa shape index (κ1) is 19.1. The number of benzene rings is 2. The van der Waals surface area contributed by atoms with Crippen LogP contribution in [-0.2, 0) is 14.1 Å². The number of nitro groups is 1. The Hall–Kier alpha value is -4.28. The van der Waals surface area contributed by atoms with Crippen molar-refractivity contribution in [2.75, 3.05) is 5.01 Å².